The van der Waals surface area contributed by atoms with Gasteiger partial charge >= 0.3 is 6.03 Å². The monoisotopic (exact) mass is 368 g/mol. The third-order valence-corrected chi connectivity index (χ3v) is 4.75. The van der Waals surface area contributed by atoms with Crippen LogP contribution in [-0.4, -0.2) is 52.1 Å². The number of carbonyl (C=O) groups is 2. The molecule has 2 fully saturated rings. The van der Waals surface area contributed by atoms with Crippen molar-refractivity contribution in [2.75, 3.05) is 24.5 Å². The maximum Gasteiger partial charge on any atom is 0.321 e. The number of imide groups is 1. The number of hydrogen-bond donors (Lipinski definition) is 2. The van der Waals surface area contributed by atoms with Gasteiger partial charge in [0.25, 0.3) is 5.92 Å². The van der Waals surface area contributed by atoms with Gasteiger partial charge in [0, 0.05) is 25.1 Å². The normalized spacial score (nSPS) is 25.5. The molecule has 2 unspecified atom stereocenters. The minimum absolute atomic E-state index is 0.0183. The van der Waals surface area contributed by atoms with Crippen LogP contribution in [-0.2, 0) is 4.79 Å². The third-order valence-electron chi connectivity index (χ3n) is 4.75. The van der Waals surface area contributed by atoms with E-state index in [0.29, 0.717) is 0 Å². The molecule has 2 N–H and O–H groups in total. The summed E-state index contributed by atoms with van der Waals surface area (Å²) in [7, 11) is 0. The summed E-state index contributed by atoms with van der Waals surface area (Å²) in [5.41, 5.74) is 0.0114. The van der Waals surface area contributed by atoms with Gasteiger partial charge in [0.15, 0.2) is 11.5 Å². The molecular formula is C15H15F3N6O2. The lowest BCUT2D eigenvalue weighted by Crippen LogP contribution is -2.51. The van der Waals surface area contributed by atoms with Gasteiger partial charge in [-0.2, -0.15) is 9.61 Å². The first kappa shape index (κ1) is 16.6. The highest BCUT2D eigenvalue weighted by Gasteiger charge is 2.46. The van der Waals surface area contributed by atoms with Gasteiger partial charge in [-0.05, 0) is 0 Å². The number of amides is 3. The first-order valence-corrected chi connectivity index (χ1v) is 8.02. The Bertz CT molecular complexity index is 914. The second kappa shape index (κ2) is 5.58. The Labute approximate surface area is 145 Å². The van der Waals surface area contributed by atoms with Gasteiger partial charge in [0.05, 0.1) is 24.4 Å². The molecular weight excluding hydrogens is 353 g/mol. The predicted octanol–water partition coefficient (Wildman–Crippen LogP) is 0.883. The summed E-state index contributed by atoms with van der Waals surface area (Å²) in [5, 5.41) is 8.46. The maximum atomic E-state index is 14.1. The van der Waals surface area contributed by atoms with E-state index in [1.54, 1.807) is 0 Å². The quantitative estimate of drug-likeness (QED) is 0.821. The number of alkyl halides is 2. The molecule has 2 saturated heterocycles. The van der Waals surface area contributed by atoms with Crippen LogP contribution in [0.2, 0.25) is 0 Å². The van der Waals surface area contributed by atoms with Crippen molar-refractivity contribution in [3.05, 3.63) is 23.8 Å². The molecule has 2 aliphatic heterocycles. The van der Waals surface area contributed by atoms with Gasteiger partial charge in [0.2, 0.25) is 5.91 Å². The van der Waals surface area contributed by atoms with Gasteiger partial charge in [-0.25, -0.2) is 22.9 Å². The fourth-order valence-corrected chi connectivity index (χ4v) is 3.23. The molecule has 138 valence electrons. The number of hydrogen-bond acceptors (Lipinski definition) is 5. The van der Waals surface area contributed by atoms with Crippen LogP contribution in [0, 0.1) is 11.7 Å². The van der Waals surface area contributed by atoms with Gasteiger partial charge in [-0.1, -0.05) is 6.92 Å². The molecule has 4 rings (SSSR count). The van der Waals surface area contributed by atoms with Crippen molar-refractivity contribution in [3.63, 3.8) is 0 Å². The SMILES string of the molecule is CC1CN(c2cc(C3CNC(=O)NC3=O)nc3c(F)cnn23)CC1(F)F. The summed E-state index contributed by atoms with van der Waals surface area (Å²) in [6.07, 6.45) is 0.940. The lowest BCUT2D eigenvalue weighted by molar-refractivity contribution is -0.122. The van der Waals surface area contributed by atoms with Crippen LogP contribution in [0.1, 0.15) is 18.5 Å². The number of carbonyl (C=O) groups excluding carboxylic acids is 2. The smallest absolute Gasteiger partial charge is 0.321 e. The third kappa shape index (κ3) is 2.54. The van der Waals surface area contributed by atoms with E-state index in [4.69, 9.17) is 0 Å². The Kier molecular flexibility index (Phi) is 3.56. The van der Waals surface area contributed by atoms with Crippen LogP contribution in [0.3, 0.4) is 0 Å². The summed E-state index contributed by atoms with van der Waals surface area (Å²) in [6.45, 7) is 0.936. The standard InChI is InChI=1S/C15H15F3N6O2/c1-7-5-23(6-15(7,17)18)11-2-10(8-3-19-14(26)22-13(8)25)21-12-9(16)4-20-24(11)12/h2,4,7-8H,3,5-6H2,1H3,(H2,19,22,25,26). The van der Waals surface area contributed by atoms with Crippen molar-refractivity contribution in [1.82, 2.24) is 25.2 Å². The molecule has 0 bridgehead atoms. The van der Waals surface area contributed by atoms with E-state index in [9.17, 15) is 22.8 Å². The first-order chi connectivity index (χ1) is 12.3. The number of nitrogens with zero attached hydrogens (tertiary/aromatic N) is 4. The minimum atomic E-state index is -2.89. The number of nitrogens with one attached hydrogen (secondary N) is 2. The van der Waals surface area contributed by atoms with E-state index in [1.165, 1.54) is 17.9 Å². The summed E-state index contributed by atoms with van der Waals surface area (Å²) >= 11 is 0. The number of anilines is 1. The fourth-order valence-electron chi connectivity index (χ4n) is 3.23. The number of aromatic nitrogens is 3. The molecule has 0 radical (unpaired) electrons. The number of urea groups is 1. The molecule has 2 aromatic rings. The zero-order valence-corrected chi connectivity index (χ0v) is 13.7. The van der Waals surface area contributed by atoms with Crippen molar-refractivity contribution in [3.8, 4) is 0 Å². The lowest BCUT2D eigenvalue weighted by Gasteiger charge is -2.24. The highest BCUT2D eigenvalue weighted by Crippen LogP contribution is 2.36. The zero-order valence-electron chi connectivity index (χ0n) is 13.7. The number of fused-ring (bicyclic) bond motifs is 1. The lowest BCUT2D eigenvalue weighted by atomic mass is 10.0. The molecule has 0 spiro atoms. The highest BCUT2D eigenvalue weighted by molar-refractivity contribution is 6.00. The van der Waals surface area contributed by atoms with E-state index in [2.05, 4.69) is 20.7 Å². The molecule has 2 aromatic heterocycles. The molecule has 11 heteroatoms. The van der Waals surface area contributed by atoms with Crippen molar-refractivity contribution in [2.24, 2.45) is 5.92 Å². The minimum Gasteiger partial charge on any atom is -0.350 e. The molecule has 2 aliphatic rings. The number of rotatable bonds is 2. The van der Waals surface area contributed by atoms with Crippen molar-refractivity contribution in [1.29, 1.82) is 0 Å². The van der Waals surface area contributed by atoms with Crippen molar-refractivity contribution >= 4 is 23.4 Å². The van der Waals surface area contributed by atoms with Gasteiger partial charge < -0.3 is 10.2 Å². The van der Waals surface area contributed by atoms with E-state index in [-0.39, 0.29) is 30.2 Å². The molecule has 2 atom stereocenters. The first-order valence-electron chi connectivity index (χ1n) is 8.02. The van der Waals surface area contributed by atoms with Gasteiger partial charge in [0.1, 0.15) is 5.82 Å². The molecule has 8 nitrogen and oxygen atoms in total. The maximum absolute atomic E-state index is 14.1. The molecule has 4 heterocycles. The van der Waals surface area contributed by atoms with E-state index in [1.807, 2.05) is 0 Å². The van der Waals surface area contributed by atoms with Gasteiger partial charge in [-0.3, -0.25) is 10.1 Å². The van der Waals surface area contributed by atoms with Crippen molar-refractivity contribution in [2.45, 2.75) is 18.8 Å². The Morgan fingerprint density at radius 2 is 2.12 bits per heavy atom. The Hall–Kier alpha value is -2.85. The topological polar surface area (TPSA) is 91.6 Å². The van der Waals surface area contributed by atoms with E-state index in [0.717, 1.165) is 10.7 Å². The Balaban J connectivity index is 1.80. The summed E-state index contributed by atoms with van der Waals surface area (Å²) in [4.78, 5) is 28.8. The average molecular weight is 368 g/mol. The largest absolute Gasteiger partial charge is 0.350 e. The fraction of sp³-hybridized carbons (Fsp3) is 0.467. The van der Waals surface area contributed by atoms with E-state index < -0.39 is 42.1 Å². The molecule has 26 heavy (non-hydrogen) atoms. The predicted molar refractivity (Wildman–Crippen MR) is 83.6 cm³/mol. The summed E-state index contributed by atoms with van der Waals surface area (Å²) < 4.78 is 43.1. The second-order valence-electron chi connectivity index (χ2n) is 6.56. The second-order valence-corrected chi connectivity index (χ2v) is 6.56. The van der Waals surface area contributed by atoms with Crippen LogP contribution in [0.4, 0.5) is 23.8 Å². The van der Waals surface area contributed by atoms with Crippen LogP contribution in [0.15, 0.2) is 12.3 Å². The molecule has 0 aliphatic carbocycles. The van der Waals surface area contributed by atoms with Crippen LogP contribution < -0.4 is 15.5 Å². The van der Waals surface area contributed by atoms with Crippen LogP contribution in [0.5, 0.6) is 0 Å². The average Bonchev–Trinajstić information content (AvgIpc) is 3.07. The highest BCUT2D eigenvalue weighted by atomic mass is 19.3. The Morgan fingerprint density at radius 3 is 2.77 bits per heavy atom. The summed E-state index contributed by atoms with van der Waals surface area (Å²) in [5.74, 6) is -5.72. The molecule has 0 aromatic carbocycles. The van der Waals surface area contributed by atoms with E-state index >= 15 is 0 Å². The Morgan fingerprint density at radius 1 is 1.35 bits per heavy atom. The number of halogens is 3. The van der Waals surface area contributed by atoms with Gasteiger partial charge in [-0.15, -0.1) is 0 Å². The zero-order chi connectivity index (χ0) is 18.6. The van der Waals surface area contributed by atoms with Crippen LogP contribution in [0.25, 0.3) is 5.65 Å². The molecule has 0 saturated carbocycles. The van der Waals surface area contributed by atoms with Crippen LogP contribution >= 0.6 is 0 Å². The molecule has 3 amide bonds. The van der Waals surface area contributed by atoms with Crippen molar-refractivity contribution < 1.29 is 22.8 Å². The summed E-state index contributed by atoms with van der Waals surface area (Å²) in [6, 6.07) is 0.811.